The summed E-state index contributed by atoms with van der Waals surface area (Å²) < 4.78 is 6.47. The van der Waals surface area contributed by atoms with E-state index in [1.54, 1.807) is 0 Å². The van der Waals surface area contributed by atoms with Crippen LogP contribution in [0.25, 0.3) is 0 Å². The van der Waals surface area contributed by atoms with Crippen molar-refractivity contribution in [2.45, 2.75) is 0 Å². The van der Waals surface area contributed by atoms with Crippen molar-refractivity contribution in [1.82, 2.24) is 0 Å². The molecule has 1 nitrogen and oxygen atoms in total. The van der Waals surface area contributed by atoms with Gasteiger partial charge in [0.2, 0.25) is 0 Å². The van der Waals surface area contributed by atoms with E-state index in [9.17, 15) is 0 Å². The standard InChI is InChI=1S/2Ca.ClHO.ClH.4H/c;;1-2;;;;;/h;;2H;1H;;;;/q2*+2;;;4*-1. The fourth-order valence-electron chi connectivity index (χ4n) is 0. The third-order valence-corrected chi connectivity index (χ3v) is 0. The van der Waals surface area contributed by atoms with Crippen molar-refractivity contribution in [3.05, 3.63) is 0 Å². The van der Waals surface area contributed by atoms with Crippen LogP contribution >= 0.6 is 24.3 Å². The smallest absolute Gasteiger partial charge is 1.00 e. The molecule has 30 valence electrons. The molecule has 5 heavy (non-hydrogen) atoms. The Balaban J connectivity index is -0.000000000238. The SMILES string of the molecule is Cl.OCl.[Ca+2].[Ca+2].[H-].[H-].[H-].[H-]. The molecule has 0 aliphatic heterocycles. The molecule has 0 rings (SSSR count). The van der Waals surface area contributed by atoms with Gasteiger partial charge in [0.15, 0.2) is 0 Å². The number of rotatable bonds is 0. The Morgan fingerprint density at radius 2 is 1.20 bits per heavy atom. The number of halogens is 2. The van der Waals surface area contributed by atoms with Gasteiger partial charge < -0.3 is 5.71 Å². The van der Waals surface area contributed by atoms with Gasteiger partial charge in [-0.15, -0.1) is 12.4 Å². The first kappa shape index (κ1) is 24.4. The van der Waals surface area contributed by atoms with Crippen LogP contribution in [0.2, 0.25) is 0 Å². The Labute approximate surface area is 108 Å². The molecule has 0 saturated carbocycles. The fourth-order valence-corrected chi connectivity index (χ4v) is 0. The summed E-state index contributed by atoms with van der Waals surface area (Å²) in [7, 11) is 0. The van der Waals surface area contributed by atoms with Crippen LogP contribution in [0.5, 0.6) is 0 Å². The van der Waals surface area contributed by atoms with Crippen LogP contribution in [0.15, 0.2) is 0 Å². The normalized spacial score (nSPS) is 1.20. The van der Waals surface area contributed by atoms with E-state index >= 15 is 0 Å². The summed E-state index contributed by atoms with van der Waals surface area (Å²) in [6.07, 6.45) is 0. The Kier molecular flexibility index (Phi) is 135. The van der Waals surface area contributed by atoms with Crippen LogP contribution < -0.4 is 0 Å². The van der Waals surface area contributed by atoms with Crippen LogP contribution in [-0.2, 0) is 0 Å². The van der Waals surface area contributed by atoms with Crippen LogP contribution in [0.4, 0.5) is 0 Å². The summed E-state index contributed by atoms with van der Waals surface area (Å²) in [5.41, 5.74) is 0. The van der Waals surface area contributed by atoms with E-state index in [2.05, 4.69) is 11.9 Å². The van der Waals surface area contributed by atoms with Gasteiger partial charge in [0.1, 0.15) is 0 Å². The molecule has 5 heteroatoms. The molecule has 0 unspecified atom stereocenters. The first-order valence-electron chi connectivity index (χ1n) is 0.169. The zero-order chi connectivity index (χ0) is 2.00. The van der Waals surface area contributed by atoms with Crippen molar-refractivity contribution in [2.75, 3.05) is 0 Å². The zero-order valence-electron chi connectivity index (χ0n) is 6.65. The molecule has 0 heterocycles. The summed E-state index contributed by atoms with van der Waals surface area (Å²) in [6, 6.07) is 0. The molecule has 1 N–H and O–H groups in total. The number of hydrogen-bond acceptors (Lipinski definition) is 1. The summed E-state index contributed by atoms with van der Waals surface area (Å²) in [5, 5.41) is 0. The van der Waals surface area contributed by atoms with E-state index in [1.807, 2.05) is 0 Å². The predicted molar refractivity (Wildman–Crippen MR) is 31.3 cm³/mol. The van der Waals surface area contributed by atoms with Crippen LogP contribution in [0.3, 0.4) is 0 Å². The quantitative estimate of drug-likeness (QED) is 0.520. The van der Waals surface area contributed by atoms with Crippen molar-refractivity contribution in [3.8, 4) is 0 Å². The third-order valence-electron chi connectivity index (χ3n) is 0. The largest absolute Gasteiger partial charge is 2.00 e. The van der Waals surface area contributed by atoms with Crippen LogP contribution in [0, 0.1) is 0 Å². The van der Waals surface area contributed by atoms with E-state index in [0.29, 0.717) is 0 Å². The maximum absolute atomic E-state index is 6.47. The average Bonchev–Trinajstić information content (AvgIpc) is 1.00. The molecule has 0 aromatic rings. The summed E-state index contributed by atoms with van der Waals surface area (Å²) >= 11 is 3.64. The van der Waals surface area contributed by atoms with Crippen molar-refractivity contribution in [1.29, 1.82) is 0 Å². The molecule has 0 aromatic heterocycles. The monoisotopic (exact) mass is 172 g/mol. The topological polar surface area (TPSA) is 20.2 Å². The first-order valence-corrected chi connectivity index (χ1v) is 0.507. The maximum Gasteiger partial charge on any atom is 2.00 e. The maximum atomic E-state index is 6.47. The fraction of sp³-hybridized carbons (Fsp3) is 0. The first-order chi connectivity index (χ1) is 1.00. The third kappa shape index (κ3) is 19.3. The van der Waals surface area contributed by atoms with E-state index in [4.69, 9.17) is 4.66 Å². The van der Waals surface area contributed by atoms with Crippen LogP contribution in [0.1, 0.15) is 5.71 Å². The van der Waals surface area contributed by atoms with E-state index in [1.165, 1.54) is 0 Å². The zero-order valence-corrected chi connectivity index (χ0v) is 8.64. The van der Waals surface area contributed by atoms with Crippen molar-refractivity contribution in [2.24, 2.45) is 0 Å². The minimum atomic E-state index is 0. The Morgan fingerprint density at radius 1 is 1.20 bits per heavy atom. The molecule has 0 saturated heterocycles. The molecule has 0 atom stereocenters. The second-order valence-electron chi connectivity index (χ2n) is 0. The average molecular weight is 173 g/mol. The molecule has 0 spiro atoms. The summed E-state index contributed by atoms with van der Waals surface area (Å²) in [5.74, 6) is 0. The Morgan fingerprint density at radius 3 is 1.20 bits per heavy atom. The number of hydrogen-bond donors (Lipinski definition) is 1. The van der Waals surface area contributed by atoms with E-state index in [-0.39, 0.29) is 93.6 Å². The van der Waals surface area contributed by atoms with Gasteiger partial charge in [0.05, 0.1) is 11.9 Å². The minimum Gasteiger partial charge on any atom is -1.00 e. The molecule has 0 radical (unpaired) electrons. The Hall–Kier alpha value is 3.06. The van der Waals surface area contributed by atoms with E-state index in [0.717, 1.165) is 0 Å². The van der Waals surface area contributed by atoms with Gasteiger partial charge in [-0.1, -0.05) is 0 Å². The van der Waals surface area contributed by atoms with Gasteiger partial charge >= 0.3 is 75.5 Å². The molecule has 0 bridgehead atoms. The molecule has 0 aliphatic rings. The molecule has 0 fully saturated rings. The summed E-state index contributed by atoms with van der Waals surface area (Å²) in [6.45, 7) is 0. The van der Waals surface area contributed by atoms with Crippen molar-refractivity contribution < 1.29 is 10.4 Å². The van der Waals surface area contributed by atoms with Gasteiger partial charge in [-0.3, -0.25) is 4.66 Å². The van der Waals surface area contributed by atoms with Crippen molar-refractivity contribution in [3.63, 3.8) is 0 Å². The van der Waals surface area contributed by atoms with Crippen molar-refractivity contribution >= 4 is 99.7 Å². The second kappa shape index (κ2) is 27.7. The second-order valence-corrected chi connectivity index (χ2v) is 0. The van der Waals surface area contributed by atoms with Gasteiger partial charge in [-0.2, -0.15) is 0 Å². The molecule has 0 aromatic carbocycles. The predicted octanol–water partition coefficient (Wildman–Crippen LogP) is 0.243. The summed E-state index contributed by atoms with van der Waals surface area (Å²) in [4.78, 5) is 0. The molecular weight excluding hydrogens is 167 g/mol. The molecule has 0 aliphatic carbocycles. The Bertz CT molecular complexity index is 16.5. The van der Waals surface area contributed by atoms with E-state index < -0.39 is 0 Å². The minimum absolute atomic E-state index is 0. The van der Waals surface area contributed by atoms with Crippen LogP contribution in [-0.4, -0.2) is 80.1 Å². The van der Waals surface area contributed by atoms with Gasteiger partial charge in [-0.25, -0.2) is 0 Å². The van der Waals surface area contributed by atoms with Gasteiger partial charge in [-0.05, 0) is 0 Å². The molecular formula is H6Ca2Cl2O. The van der Waals surface area contributed by atoms with Gasteiger partial charge in [0.25, 0.3) is 0 Å². The molecule has 0 amide bonds. The van der Waals surface area contributed by atoms with Gasteiger partial charge in [0, 0.05) is 0 Å².